The number of benzene rings is 1. The van der Waals surface area contributed by atoms with Gasteiger partial charge in [-0.1, -0.05) is 0 Å². The molecule has 1 fully saturated rings. The van der Waals surface area contributed by atoms with Crippen LogP contribution in [0.5, 0.6) is 5.75 Å². The molecule has 2 aromatic rings. The van der Waals surface area contributed by atoms with Crippen LogP contribution in [0.2, 0.25) is 0 Å². The third kappa shape index (κ3) is 4.12. The first-order valence-electron chi connectivity index (χ1n) is 8.25. The lowest BCUT2D eigenvalue weighted by Gasteiger charge is -2.31. The fourth-order valence-corrected chi connectivity index (χ4v) is 3.11. The van der Waals surface area contributed by atoms with E-state index in [0.29, 0.717) is 11.3 Å². The van der Waals surface area contributed by atoms with E-state index in [1.165, 1.54) is 18.5 Å². The second-order valence-electron chi connectivity index (χ2n) is 6.20. The van der Waals surface area contributed by atoms with Gasteiger partial charge >= 0.3 is 6.36 Å². The molecule has 0 saturated carbocycles. The molecule has 138 valence electrons. The van der Waals surface area contributed by atoms with E-state index in [4.69, 9.17) is 0 Å². The monoisotopic (exact) mass is 365 g/mol. The van der Waals surface area contributed by atoms with Crippen molar-refractivity contribution in [1.82, 2.24) is 9.97 Å². The summed E-state index contributed by atoms with van der Waals surface area (Å²) in [5.41, 5.74) is 2.19. The summed E-state index contributed by atoms with van der Waals surface area (Å²) in [5, 5.41) is 0. The highest BCUT2D eigenvalue weighted by Crippen LogP contribution is 2.31. The van der Waals surface area contributed by atoms with Crippen molar-refractivity contribution in [3.05, 3.63) is 36.2 Å². The molecule has 0 spiro atoms. The minimum absolute atomic E-state index is 0.0917. The average molecular weight is 365 g/mol. The molecule has 1 saturated heterocycles. The Balaban J connectivity index is 1.82. The van der Waals surface area contributed by atoms with Crippen LogP contribution in [0.1, 0.15) is 18.4 Å². The van der Waals surface area contributed by atoms with Gasteiger partial charge in [-0.3, -0.25) is 0 Å². The van der Waals surface area contributed by atoms with Crippen LogP contribution in [0.15, 0.2) is 30.6 Å². The van der Waals surface area contributed by atoms with Gasteiger partial charge in [0.25, 0.3) is 0 Å². The second-order valence-corrected chi connectivity index (χ2v) is 6.20. The van der Waals surface area contributed by atoms with Gasteiger partial charge in [0.05, 0.1) is 5.69 Å². The minimum Gasteiger partial charge on any atom is -0.406 e. The van der Waals surface area contributed by atoms with Crippen LogP contribution >= 0.6 is 0 Å². The lowest BCUT2D eigenvalue weighted by Crippen LogP contribution is -2.35. The minimum atomic E-state index is -4.72. The Kier molecular flexibility index (Phi) is 5.11. The summed E-state index contributed by atoms with van der Waals surface area (Å²) in [7, 11) is 0. The quantitative estimate of drug-likeness (QED) is 0.772. The highest BCUT2D eigenvalue weighted by atomic mass is 19.4. The van der Waals surface area contributed by atoms with Gasteiger partial charge in [0, 0.05) is 30.1 Å². The van der Waals surface area contributed by atoms with Gasteiger partial charge in [0.1, 0.15) is 24.2 Å². The molecule has 0 N–H and O–H groups in total. The fourth-order valence-electron chi connectivity index (χ4n) is 3.11. The Hall–Kier alpha value is -2.64. The first-order chi connectivity index (χ1) is 12.4. The van der Waals surface area contributed by atoms with Crippen molar-refractivity contribution in [1.29, 1.82) is 0 Å². The summed E-state index contributed by atoms with van der Waals surface area (Å²) in [6, 6.07) is 5.61. The van der Waals surface area contributed by atoms with E-state index in [0.717, 1.165) is 43.6 Å². The third-order valence-electron chi connectivity index (χ3n) is 4.45. The lowest BCUT2D eigenvalue weighted by molar-refractivity contribution is -0.274. The highest BCUT2D eigenvalue weighted by molar-refractivity contribution is 5.69. The number of piperidine rings is 1. The van der Waals surface area contributed by atoms with E-state index in [1.54, 1.807) is 12.1 Å². The van der Waals surface area contributed by atoms with Crippen LogP contribution in [-0.2, 0) is 4.79 Å². The molecule has 5 nitrogen and oxygen atoms in total. The molecule has 0 atom stereocenters. The predicted molar refractivity (Wildman–Crippen MR) is 89.9 cm³/mol. The number of nitrogens with zero attached hydrogens (tertiary/aromatic N) is 3. The van der Waals surface area contributed by atoms with Gasteiger partial charge in [-0.2, -0.15) is 0 Å². The topological polar surface area (TPSA) is 55.3 Å². The molecule has 1 aromatic carbocycles. The smallest absolute Gasteiger partial charge is 0.406 e. The average Bonchev–Trinajstić information content (AvgIpc) is 2.62. The number of aldehydes is 1. The summed E-state index contributed by atoms with van der Waals surface area (Å²) in [4.78, 5) is 21.7. The van der Waals surface area contributed by atoms with E-state index in [2.05, 4.69) is 19.6 Å². The number of alkyl halides is 3. The van der Waals surface area contributed by atoms with Crippen LogP contribution in [0.25, 0.3) is 11.3 Å². The van der Waals surface area contributed by atoms with Crippen LogP contribution in [-0.4, -0.2) is 35.7 Å². The summed E-state index contributed by atoms with van der Waals surface area (Å²) < 4.78 is 40.7. The van der Waals surface area contributed by atoms with E-state index in [9.17, 15) is 18.0 Å². The maximum absolute atomic E-state index is 12.3. The van der Waals surface area contributed by atoms with Gasteiger partial charge in [-0.25, -0.2) is 9.97 Å². The summed E-state index contributed by atoms with van der Waals surface area (Å²) >= 11 is 0. The molecule has 0 amide bonds. The Morgan fingerprint density at radius 1 is 1.15 bits per heavy atom. The molecule has 8 heteroatoms. The molecule has 1 aromatic heterocycles. The van der Waals surface area contributed by atoms with Crippen LogP contribution in [0.3, 0.4) is 0 Å². The number of carbonyl (C=O) groups excluding carboxylic acids is 1. The first-order valence-corrected chi connectivity index (χ1v) is 8.25. The summed E-state index contributed by atoms with van der Waals surface area (Å²) in [5.74, 6) is 0.605. The second kappa shape index (κ2) is 7.31. The van der Waals surface area contributed by atoms with E-state index >= 15 is 0 Å². The molecule has 0 aliphatic carbocycles. The number of carbonyl (C=O) groups is 1. The van der Waals surface area contributed by atoms with Crippen molar-refractivity contribution < 1.29 is 22.7 Å². The number of anilines is 1. The maximum atomic E-state index is 12.3. The molecular weight excluding hydrogens is 347 g/mol. The van der Waals surface area contributed by atoms with Crippen LogP contribution in [0.4, 0.5) is 19.0 Å². The number of halogens is 3. The number of ether oxygens (including phenoxy) is 1. The van der Waals surface area contributed by atoms with E-state index in [1.807, 2.05) is 6.92 Å². The SMILES string of the molecule is Cc1c(-c2ccc(OC(F)(F)F)cc2)ncnc1N1CCC(C=O)CC1. The largest absolute Gasteiger partial charge is 0.573 e. The molecule has 0 radical (unpaired) electrons. The maximum Gasteiger partial charge on any atom is 0.573 e. The zero-order valence-electron chi connectivity index (χ0n) is 14.2. The Bertz CT molecular complexity index is 770. The van der Waals surface area contributed by atoms with Gasteiger partial charge in [0.15, 0.2) is 0 Å². The van der Waals surface area contributed by atoms with Crippen molar-refractivity contribution in [3.63, 3.8) is 0 Å². The van der Waals surface area contributed by atoms with Gasteiger partial charge in [0.2, 0.25) is 0 Å². The Morgan fingerprint density at radius 2 is 1.81 bits per heavy atom. The van der Waals surface area contributed by atoms with Crippen molar-refractivity contribution in [2.75, 3.05) is 18.0 Å². The van der Waals surface area contributed by atoms with E-state index in [-0.39, 0.29) is 11.7 Å². The molecule has 3 rings (SSSR count). The first kappa shape index (κ1) is 18.2. The van der Waals surface area contributed by atoms with Gasteiger partial charge in [-0.05, 0) is 44.0 Å². The molecule has 1 aliphatic heterocycles. The fraction of sp³-hybridized carbons (Fsp3) is 0.389. The zero-order chi connectivity index (χ0) is 18.7. The lowest BCUT2D eigenvalue weighted by atomic mass is 9.98. The molecular formula is C18H18F3N3O2. The normalized spacial score (nSPS) is 15.8. The number of hydrogen-bond acceptors (Lipinski definition) is 5. The van der Waals surface area contributed by atoms with E-state index < -0.39 is 6.36 Å². The van der Waals surface area contributed by atoms with Crippen LogP contribution < -0.4 is 9.64 Å². The van der Waals surface area contributed by atoms with Gasteiger partial charge in [-0.15, -0.1) is 13.2 Å². The van der Waals surface area contributed by atoms with Gasteiger partial charge < -0.3 is 14.4 Å². The zero-order valence-corrected chi connectivity index (χ0v) is 14.2. The van der Waals surface area contributed by atoms with Crippen molar-refractivity contribution in [2.45, 2.75) is 26.1 Å². The standard InChI is InChI=1S/C18H18F3N3O2/c1-12-16(14-2-4-15(5-3-14)26-18(19,20)21)22-11-23-17(12)24-8-6-13(10-25)7-9-24/h2-5,10-11,13H,6-9H2,1H3. The van der Waals surface area contributed by atoms with Crippen molar-refractivity contribution in [3.8, 4) is 17.0 Å². The molecule has 0 bridgehead atoms. The highest BCUT2D eigenvalue weighted by Gasteiger charge is 2.31. The van der Waals surface area contributed by atoms with Crippen molar-refractivity contribution >= 4 is 12.1 Å². The predicted octanol–water partition coefficient (Wildman–Crippen LogP) is 3.77. The molecule has 0 unspecified atom stereocenters. The molecule has 1 aliphatic rings. The molecule has 2 heterocycles. The Labute approximate surface area is 148 Å². The summed E-state index contributed by atoms with van der Waals surface area (Å²) in [6.07, 6.45) is -0.700. The summed E-state index contributed by atoms with van der Waals surface area (Å²) in [6.45, 7) is 3.36. The molecule has 26 heavy (non-hydrogen) atoms. The van der Waals surface area contributed by atoms with Crippen molar-refractivity contribution in [2.24, 2.45) is 5.92 Å². The van der Waals surface area contributed by atoms with Crippen LogP contribution in [0, 0.1) is 12.8 Å². The number of hydrogen-bond donors (Lipinski definition) is 0. The number of aromatic nitrogens is 2. The third-order valence-corrected chi connectivity index (χ3v) is 4.45. The Morgan fingerprint density at radius 3 is 2.38 bits per heavy atom. The number of rotatable bonds is 4.